The van der Waals surface area contributed by atoms with Crippen molar-refractivity contribution >= 4 is 29.3 Å². The standard InChI is InChI=1S/C19H23N5O4/c1-28-15-12-21-19(22-14-7-5-13(6-8-14)18(26)27)23-17(15)20-9-3-11-24-10-2-4-16(24)25/h5-8,12H,2-4,9-11H2,1H3,(H,26,27)(H2,20,21,22,23). The zero-order chi connectivity index (χ0) is 19.9. The lowest BCUT2D eigenvalue weighted by molar-refractivity contribution is -0.127. The predicted octanol–water partition coefficient (Wildman–Crippen LogP) is 2.35. The van der Waals surface area contributed by atoms with Gasteiger partial charge in [-0.2, -0.15) is 4.98 Å². The van der Waals surface area contributed by atoms with Gasteiger partial charge in [-0.1, -0.05) is 0 Å². The Hall–Kier alpha value is -3.36. The van der Waals surface area contributed by atoms with Crippen LogP contribution in [0.3, 0.4) is 0 Å². The molecule has 0 atom stereocenters. The summed E-state index contributed by atoms with van der Waals surface area (Å²) in [6, 6.07) is 6.31. The summed E-state index contributed by atoms with van der Waals surface area (Å²) in [5, 5.41) is 15.2. The van der Waals surface area contributed by atoms with E-state index in [1.165, 1.54) is 12.1 Å². The highest BCUT2D eigenvalue weighted by Gasteiger charge is 2.19. The Kier molecular flexibility index (Phi) is 6.25. The van der Waals surface area contributed by atoms with Crippen molar-refractivity contribution < 1.29 is 19.4 Å². The topological polar surface area (TPSA) is 117 Å². The summed E-state index contributed by atoms with van der Waals surface area (Å²) < 4.78 is 5.30. The van der Waals surface area contributed by atoms with Crippen molar-refractivity contribution in [2.45, 2.75) is 19.3 Å². The molecule has 148 valence electrons. The molecule has 0 aliphatic carbocycles. The fraction of sp³-hybridized carbons (Fsp3) is 0.368. The van der Waals surface area contributed by atoms with Crippen molar-refractivity contribution in [2.24, 2.45) is 0 Å². The number of ether oxygens (including phenoxy) is 1. The fourth-order valence-electron chi connectivity index (χ4n) is 2.95. The van der Waals surface area contributed by atoms with Gasteiger partial charge in [-0.25, -0.2) is 9.78 Å². The van der Waals surface area contributed by atoms with Crippen LogP contribution in [0.25, 0.3) is 0 Å². The predicted molar refractivity (Wildman–Crippen MR) is 104 cm³/mol. The molecule has 3 N–H and O–H groups in total. The minimum absolute atomic E-state index is 0.208. The number of anilines is 3. The number of hydrogen-bond donors (Lipinski definition) is 3. The van der Waals surface area contributed by atoms with E-state index < -0.39 is 5.97 Å². The van der Waals surface area contributed by atoms with Gasteiger partial charge in [0.25, 0.3) is 0 Å². The molecule has 0 spiro atoms. The van der Waals surface area contributed by atoms with Crippen molar-refractivity contribution in [2.75, 3.05) is 37.4 Å². The van der Waals surface area contributed by atoms with Gasteiger partial charge in [0.15, 0.2) is 11.6 Å². The number of nitrogens with zero attached hydrogens (tertiary/aromatic N) is 3. The molecule has 1 aliphatic rings. The summed E-state index contributed by atoms with van der Waals surface area (Å²) >= 11 is 0. The van der Waals surface area contributed by atoms with Crippen molar-refractivity contribution in [3.63, 3.8) is 0 Å². The van der Waals surface area contributed by atoms with E-state index in [0.29, 0.717) is 36.2 Å². The smallest absolute Gasteiger partial charge is 0.335 e. The van der Waals surface area contributed by atoms with E-state index in [9.17, 15) is 9.59 Å². The second kappa shape index (κ2) is 9.03. The van der Waals surface area contributed by atoms with Gasteiger partial charge < -0.3 is 25.4 Å². The van der Waals surface area contributed by atoms with Gasteiger partial charge in [-0.3, -0.25) is 4.79 Å². The van der Waals surface area contributed by atoms with E-state index in [2.05, 4.69) is 20.6 Å². The molecule has 0 radical (unpaired) electrons. The molecular formula is C19H23N5O4. The van der Waals surface area contributed by atoms with Crippen LogP contribution in [0.1, 0.15) is 29.6 Å². The highest BCUT2D eigenvalue weighted by molar-refractivity contribution is 5.88. The number of aromatic carboxylic acids is 1. The van der Waals surface area contributed by atoms with Gasteiger partial charge in [0, 0.05) is 31.7 Å². The Labute approximate surface area is 162 Å². The molecule has 9 heteroatoms. The molecule has 3 rings (SSSR count). The van der Waals surface area contributed by atoms with E-state index in [1.807, 2.05) is 4.90 Å². The lowest BCUT2D eigenvalue weighted by Crippen LogP contribution is -2.27. The van der Waals surface area contributed by atoms with Crippen LogP contribution < -0.4 is 15.4 Å². The molecule has 1 amide bonds. The molecule has 0 unspecified atom stereocenters. The van der Waals surface area contributed by atoms with E-state index >= 15 is 0 Å². The molecule has 1 saturated heterocycles. The number of carboxylic acids is 1. The zero-order valence-corrected chi connectivity index (χ0v) is 15.6. The number of likely N-dealkylation sites (tertiary alicyclic amines) is 1. The van der Waals surface area contributed by atoms with Gasteiger partial charge in [-0.05, 0) is 37.1 Å². The van der Waals surface area contributed by atoms with E-state index in [0.717, 1.165) is 25.9 Å². The number of amides is 1. The lowest BCUT2D eigenvalue weighted by Gasteiger charge is -2.16. The van der Waals surface area contributed by atoms with Gasteiger partial charge >= 0.3 is 5.97 Å². The van der Waals surface area contributed by atoms with E-state index in [4.69, 9.17) is 9.84 Å². The number of carboxylic acid groups (broad SMARTS) is 1. The molecule has 2 heterocycles. The first kappa shape index (κ1) is 19.4. The van der Waals surface area contributed by atoms with Gasteiger partial charge in [0.1, 0.15) is 0 Å². The summed E-state index contributed by atoms with van der Waals surface area (Å²) in [5.41, 5.74) is 0.883. The van der Waals surface area contributed by atoms with E-state index in [1.54, 1.807) is 25.4 Å². The molecule has 0 bridgehead atoms. The highest BCUT2D eigenvalue weighted by Crippen LogP contribution is 2.23. The second-order valence-electron chi connectivity index (χ2n) is 6.38. The SMILES string of the molecule is COc1cnc(Nc2ccc(C(=O)O)cc2)nc1NCCCN1CCCC1=O. The van der Waals surface area contributed by atoms with Gasteiger partial charge in [-0.15, -0.1) is 0 Å². The number of benzene rings is 1. The van der Waals surface area contributed by atoms with Gasteiger partial charge in [0.2, 0.25) is 11.9 Å². The quantitative estimate of drug-likeness (QED) is 0.563. The first-order chi connectivity index (χ1) is 13.6. The minimum atomic E-state index is -0.977. The van der Waals surface area contributed by atoms with Crippen molar-refractivity contribution in [3.8, 4) is 5.75 Å². The van der Waals surface area contributed by atoms with Crippen LogP contribution in [0.2, 0.25) is 0 Å². The molecule has 1 aliphatic heterocycles. The van der Waals surface area contributed by atoms with Crippen molar-refractivity contribution in [1.82, 2.24) is 14.9 Å². The number of aromatic nitrogens is 2. The maximum absolute atomic E-state index is 11.6. The number of hydrogen-bond acceptors (Lipinski definition) is 7. The summed E-state index contributed by atoms with van der Waals surface area (Å²) in [6.45, 7) is 2.20. The number of nitrogens with one attached hydrogen (secondary N) is 2. The number of carbonyl (C=O) groups excluding carboxylic acids is 1. The molecule has 2 aromatic rings. The average Bonchev–Trinajstić information content (AvgIpc) is 3.10. The van der Waals surface area contributed by atoms with Crippen LogP contribution in [-0.4, -0.2) is 58.6 Å². The lowest BCUT2D eigenvalue weighted by atomic mass is 10.2. The summed E-state index contributed by atoms with van der Waals surface area (Å²) in [4.78, 5) is 33.1. The maximum atomic E-state index is 11.6. The first-order valence-electron chi connectivity index (χ1n) is 9.10. The van der Waals surface area contributed by atoms with Crippen LogP contribution in [0.15, 0.2) is 30.5 Å². The summed E-state index contributed by atoms with van der Waals surface area (Å²) in [6.07, 6.45) is 3.95. The average molecular weight is 385 g/mol. The Morgan fingerprint density at radius 1 is 1.32 bits per heavy atom. The van der Waals surface area contributed by atoms with E-state index in [-0.39, 0.29) is 11.5 Å². The normalized spacial score (nSPS) is 13.5. The van der Waals surface area contributed by atoms with Crippen LogP contribution in [0.5, 0.6) is 5.75 Å². The molecule has 9 nitrogen and oxygen atoms in total. The Balaban J connectivity index is 1.59. The number of carbonyl (C=O) groups is 2. The Bertz CT molecular complexity index is 841. The highest BCUT2D eigenvalue weighted by atomic mass is 16.5. The third-order valence-corrected chi connectivity index (χ3v) is 4.43. The second-order valence-corrected chi connectivity index (χ2v) is 6.38. The Morgan fingerprint density at radius 3 is 2.75 bits per heavy atom. The first-order valence-corrected chi connectivity index (χ1v) is 9.10. The molecule has 28 heavy (non-hydrogen) atoms. The van der Waals surface area contributed by atoms with Crippen molar-refractivity contribution in [1.29, 1.82) is 0 Å². The molecule has 1 aromatic carbocycles. The van der Waals surface area contributed by atoms with Gasteiger partial charge in [0.05, 0.1) is 18.9 Å². The summed E-state index contributed by atoms with van der Waals surface area (Å²) in [5.74, 6) is 0.675. The fourth-order valence-corrected chi connectivity index (χ4v) is 2.95. The molecule has 1 aromatic heterocycles. The third-order valence-electron chi connectivity index (χ3n) is 4.43. The largest absolute Gasteiger partial charge is 0.491 e. The Morgan fingerprint density at radius 2 is 2.11 bits per heavy atom. The monoisotopic (exact) mass is 385 g/mol. The van der Waals surface area contributed by atoms with Crippen LogP contribution in [-0.2, 0) is 4.79 Å². The molecule has 0 saturated carbocycles. The van der Waals surface area contributed by atoms with Crippen LogP contribution in [0, 0.1) is 0 Å². The number of rotatable bonds is 9. The zero-order valence-electron chi connectivity index (χ0n) is 15.6. The third kappa shape index (κ3) is 4.87. The molecular weight excluding hydrogens is 362 g/mol. The minimum Gasteiger partial charge on any atom is -0.491 e. The van der Waals surface area contributed by atoms with Crippen molar-refractivity contribution in [3.05, 3.63) is 36.0 Å². The molecule has 1 fully saturated rings. The van der Waals surface area contributed by atoms with Crippen LogP contribution in [0.4, 0.5) is 17.5 Å². The summed E-state index contributed by atoms with van der Waals surface area (Å²) in [7, 11) is 1.55. The maximum Gasteiger partial charge on any atom is 0.335 e. The van der Waals surface area contributed by atoms with Crippen LogP contribution >= 0.6 is 0 Å². The number of methoxy groups -OCH3 is 1.